The molecule has 0 spiro atoms. The highest BCUT2D eigenvalue weighted by atomic mass is 32.2. The van der Waals surface area contributed by atoms with Gasteiger partial charge in [0.2, 0.25) is 5.91 Å². The number of thiazole rings is 1. The summed E-state index contributed by atoms with van der Waals surface area (Å²) in [6.07, 6.45) is 0.553. The quantitative estimate of drug-likeness (QED) is 0.199. The van der Waals surface area contributed by atoms with Gasteiger partial charge in [-0.15, -0.1) is 0 Å². The number of fused-ring (bicyclic) bond motifs is 1. The predicted octanol–water partition coefficient (Wildman–Crippen LogP) is 7.72. The molecule has 6 nitrogen and oxygen atoms in total. The summed E-state index contributed by atoms with van der Waals surface area (Å²) in [5.74, 6) is 0.560. The third-order valence-corrected chi connectivity index (χ3v) is 8.56. The smallest absolute Gasteiger partial charge is 0.239 e. The number of aromatic nitrogens is 2. The number of nitriles is 1. The molecule has 0 bridgehead atoms. The zero-order valence-corrected chi connectivity index (χ0v) is 23.4. The fourth-order valence-electron chi connectivity index (χ4n) is 4.16. The van der Waals surface area contributed by atoms with Gasteiger partial charge in [0.1, 0.15) is 16.8 Å². The largest absolute Gasteiger partial charge is 0.497 e. The van der Waals surface area contributed by atoms with E-state index in [1.165, 1.54) is 23.1 Å². The van der Waals surface area contributed by atoms with Crippen LogP contribution in [0.2, 0.25) is 0 Å². The van der Waals surface area contributed by atoms with Crippen molar-refractivity contribution in [2.75, 3.05) is 12.4 Å². The number of carbonyl (C=O) groups is 1. The van der Waals surface area contributed by atoms with Crippen LogP contribution in [0.15, 0.2) is 83.9 Å². The van der Waals surface area contributed by atoms with E-state index < -0.39 is 5.25 Å². The molecular weight excluding hydrogens is 525 g/mol. The minimum atomic E-state index is -0.469. The molecule has 1 atom stereocenters. The highest BCUT2D eigenvalue weighted by molar-refractivity contribution is 8.00. The number of methoxy groups -OCH3 is 1. The summed E-state index contributed by atoms with van der Waals surface area (Å²) in [4.78, 5) is 22.8. The van der Waals surface area contributed by atoms with Gasteiger partial charge in [-0.05, 0) is 43.2 Å². The molecular formula is C31H26N4O2S2. The Bertz CT molecular complexity index is 1680. The third-order valence-electron chi connectivity index (χ3n) is 6.27. The van der Waals surface area contributed by atoms with Gasteiger partial charge in [-0.1, -0.05) is 90.2 Å². The fourth-order valence-corrected chi connectivity index (χ4v) is 6.08. The number of ether oxygens (including phenoxy) is 1. The lowest BCUT2D eigenvalue weighted by molar-refractivity contribution is -0.115. The fraction of sp³-hybridized carbons (Fsp3) is 0.161. The minimum absolute atomic E-state index is 0.179. The van der Waals surface area contributed by atoms with Crippen LogP contribution in [0.1, 0.15) is 24.5 Å². The van der Waals surface area contributed by atoms with Crippen LogP contribution in [0.3, 0.4) is 0 Å². The van der Waals surface area contributed by atoms with E-state index in [-0.39, 0.29) is 5.91 Å². The summed E-state index contributed by atoms with van der Waals surface area (Å²) < 4.78 is 6.23. The van der Waals surface area contributed by atoms with Crippen LogP contribution in [0.4, 0.5) is 5.13 Å². The SMILES string of the molecule is CCC(Sc1nc(-c2ccccc2)cc(-c2ccc(C)cc2)c1C#N)C(=O)Nc1nc2ccc(OC)cc2s1. The molecule has 0 aliphatic heterocycles. The second kappa shape index (κ2) is 11.7. The second-order valence-electron chi connectivity index (χ2n) is 8.94. The molecule has 39 heavy (non-hydrogen) atoms. The summed E-state index contributed by atoms with van der Waals surface area (Å²) in [5, 5.41) is 13.8. The van der Waals surface area contributed by atoms with Crippen molar-refractivity contribution < 1.29 is 9.53 Å². The van der Waals surface area contributed by atoms with Crippen molar-refractivity contribution in [2.24, 2.45) is 0 Å². The highest BCUT2D eigenvalue weighted by Crippen LogP contribution is 2.37. The van der Waals surface area contributed by atoms with E-state index in [1.807, 2.05) is 92.7 Å². The van der Waals surface area contributed by atoms with E-state index >= 15 is 0 Å². The molecule has 0 saturated carbocycles. The Labute approximate surface area is 235 Å². The van der Waals surface area contributed by atoms with E-state index in [0.717, 1.165) is 43.9 Å². The van der Waals surface area contributed by atoms with Crippen molar-refractivity contribution in [3.05, 3.63) is 90.0 Å². The van der Waals surface area contributed by atoms with Gasteiger partial charge < -0.3 is 10.1 Å². The lowest BCUT2D eigenvalue weighted by Crippen LogP contribution is -2.24. The van der Waals surface area contributed by atoms with Gasteiger partial charge in [-0.25, -0.2) is 9.97 Å². The average molecular weight is 551 g/mol. The van der Waals surface area contributed by atoms with E-state index in [9.17, 15) is 10.1 Å². The van der Waals surface area contributed by atoms with Crippen LogP contribution >= 0.6 is 23.1 Å². The van der Waals surface area contributed by atoms with Gasteiger partial charge >= 0.3 is 0 Å². The first-order valence-electron chi connectivity index (χ1n) is 12.5. The van der Waals surface area contributed by atoms with Crippen molar-refractivity contribution in [2.45, 2.75) is 30.5 Å². The molecule has 5 aromatic rings. The second-order valence-corrected chi connectivity index (χ2v) is 11.2. The first-order chi connectivity index (χ1) is 19.0. The monoisotopic (exact) mass is 550 g/mol. The number of nitrogens with zero attached hydrogens (tertiary/aromatic N) is 3. The van der Waals surface area contributed by atoms with Crippen LogP contribution in [0.25, 0.3) is 32.6 Å². The molecule has 0 aliphatic rings. The maximum absolute atomic E-state index is 13.4. The Balaban J connectivity index is 1.50. The molecule has 2 heterocycles. The summed E-state index contributed by atoms with van der Waals surface area (Å²) in [5.41, 5.74) is 5.82. The Morgan fingerprint density at radius 2 is 1.82 bits per heavy atom. The zero-order chi connectivity index (χ0) is 27.4. The van der Waals surface area contributed by atoms with Gasteiger partial charge in [-0.3, -0.25) is 4.79 Å². The van der Waals surface area contributed by atoms with E-state index in [4.69, 9.17) is 9.72 Å². The zero-order valence-electron chi connectivity index (χ0n) is 21.8. The van der Waals surface area contributed by atoms with Crippen LogP contribution in [-0.2, 0) is 4.79 Å². The first-order valence-corrected chi connectivity index (χ1v) is 14.2. The lowest BCUT2D eigenvalue weighted by atomic mass is 9.98. The number of nitrogens with one attached hydrogen (secondary N) is 1. The van der Waals surface area contributed by atoms with Crippen LogP contribution < -0.4 is 10.1 Å². The van der Waals surface area contributed by atoms with E-state index in [2.05, 4.69) is 16.4 Å². The molecule has 0 fully saturated rings. The molecule has 0 radical (unpaired) electrons. The Morgan fingerprint density at radius 1 is 1.05 bits per heavy atom. The maximum atomic E-state index is 13.4. The van der Waals surface area contributed by atoms with Crippen LogP contribution in [0, 0.1) is 18.3 Å². The number of benzene rings is 3. The summed E-state index contributed by atoms with van der Waals surface area (Å²) in [7, 11) is 1.62. The lowest BCUT2D eigenvalue weighted by Gasteiger charge is -2.17. The Hall–Kier alpha value is -4.19. The number of thioether (sulfide) groups is 1. The first kappa shape index (κ1) is 26.4. The molecule has 1 unspecified atom stereocenters. The van der Waals surface area contributed by atoms with Gasteiger partial charge in [0.25, 0.3) is 0 Å². The van der Waals surface area contributed by atoms with Gasteiger partial charge in [0.05, 0.1) is 33.8 Å². The predicted molar refractivity (Wildman–Crippen MR) is 159 cm³/mol. The number of anilines is 1. The van der Waals surface area contributed by atoms with E-state index in [1.54, 1.807) is 7.11 Å². The molecule has 1 N–H and O–H groups in total. The number of amides is 1. The summed E-state index contributed by atoms with van der Waals surface area (Å²) in [6, 6.07) is 27.9. The van der Waals surface area contributed by atoms with Gasteiger partial charge in [-0.2, -0.15) is 5.26 Å². The topological polar surface area (TPSA) is 87.9 Å². The molecule has 1 amide bonds. The Morgan fingerprint density at radius 3 is 2.51 bits per heavy atom. The molecule has 3 aromatic carbocycles. The van der Waals surface area contributed by atoms with Crippen molar-refractivity contribution in [3.8, 4) is 34.2 Å². The standard InChI is InChI=1S/C31H26N4O2S2/c1-4-27(29(36)35-31-34-25-15-14-22(37-3)16-28(25)39-31)38-30-24(18-32)23(20-12-10-19(2)11-13-20)17-26(33-30)21-8-6-5-7-9-21/h5-17,27H,4H2,1-3H3,(H,34,35,36). The molecule has 8 heteroatoms. The van der Waals surface area contributed by atoms with Crippen molar-refractivity contribution >= 4 is 44.4 Å². The molecule has 0 saturated heterocycles. The summed E-state index contributed by atoms with van der Waals surface area (Å²) in [6.45, 7) is 3.99. The van der Waals surface area contributed by atoms with Crippen molar-refractivity contribution in [1.29, 1.82) is 5.26 Å². The summed E-state index contributed by atoms with van der Waals surface area (Å²) >= 11 is 2.71. The normalized spacial score (nSPS) is 11.6. The van der Waals surface area contributed by atoms with Crippen LogP contribution in [0.5, 0.6) is 5.75 Å². The molecule has 5 rings (SSSR count). The Kier molecular flexibility index (Phi) is 7.92. The minimum Gasteiger partial charge on any atom is -0.497 e. The van der Waals surface area contributed by atoms with Crippen molar-refractivity contribution in [3.63, 3.8) is 0 Å². The van der Waals surface area contributed by atoms with Gasteiger partial charge in [0, 0.05) is 11.1 Å². The number of hydrogen-bond donors (Lipinski definition) is 1. The number of rotatable bonds is 8. The number of carbonyl (C=O) groups excluding carboxylic acids is 1. The maximum Gasteiger partial charge on any atom is 0.239 e. The highest BCUT2D eigenvalue weighted by Gasteiger charge is 2.24. The van der Waals surface area contributed by atoms with Crippen molar-refractivity contribution in [1.82, 2.24) is 9.97 Å². The molecule has 2 aromatic heterocycles. The van der Waals surface area contributed by atoms with Crippen LogP contribution in [-0.4, -0.2) is 28.2 Å². The number of hydrogen-bond acceptors (Lipinski definition) is 7. The third kappa shape index (κ3) is 5.80. The molecule has 0 aliphatic carbocycles. The average Bonchev–Trinajstić information content (AvgIpc) is 3.37. The number of pyridine rings is 1. The number of aryl methyl sites for hydroxylation is 1. The molecule has 194 valence electrons. The van der Waals surface area contributed by atoms with E-state index in [0.29, 0.717) is 22.1 Å². The van der Waals surface area contributed by atoms with Gasteiger partial charge in [0.15, 0.2) is 5.13 Å².